The lowest BCUT2D eigenvalue weighted by Gasteiger charge is -2.36. The van der Waals surface area contributed by atoms with E-state index in [1.165, 1.54) is 16.1 Å². The Morgan fingerprint density at radius 3 is 2.46 bits per heavy atom. The van der Waals surface area contributed by atoms with Crippen LogP contribution in [0.25, 0.3) is 0 Å². The van der Waals surface area contributed by atoms with Crippen molar-refractivity contribution in [3.8, 4) is 5.75 Å². The van der Waals surface area contributed by atoms with E-state index in [-0.39, 0.29) is 6.03 Å². The molecule has 1 aliphatic heterocycles. The first-order chi connectivity index (χ1) is 11.7. The minimum Gasteiger partial charge on any atom is -0.497 e. The monoisotopic (exact) mass is 345 g/mol. The fraction of sp³-hybridized carbons (Fsp3) is 0.389. The summed E-state index contributed by atoms with van der Waals surface area (Å²) >= 11 is 1.69. The Morgan fingerprint density at radius 2 is 1.88 bits per heavy atom. The number of carbonyl (C=O) groups is 1. The minimum atomic E-state index is 0.0252. The topological polar surface area (TPSA) is 44.8 Å². The molecule has 1 fully saturated rings. The maximum Gasteiger partial charge on any atom is 0.317 e. The van der Waals surface area contributed by atoms with Crippen molar-refractivity contribution in [2.75, 3.05) is 38.2 Å². The van der Waals surface area contributed by atoms with E-state index in [9.17, 15) is 4.79 Å². The number of rotatable bonds is 4. The maximum absolute atomic E-state index is 12.3. The lowest BCUT2D eigenvalue weighted by Crippen LogP contribution is -2.51. The molecule has 1 saturated heterocycles. The van der Waals surface area contributed by atoms with E-state index in [4.69, 9.17) is 4.74 Å². The molecule has 2 heterocycles. The number of amides is 2. The third kappa shape index (κ3) is 3.82. The van der Waals surface area contributed by atoms with Gasteiger partial charge < -0.3 is 19.9 Å². The van der Waals surface area contributed by atoms with Crippen LogP contribution < -0.4 is 15.0 Å². The van der Waals surface area contributed by atoms with Gasteiger partial charge in [0.2, 0.25) is 0 Å². The smallest absolute Gasteiger partial charge is 0.317 e. The first kappa shape index (κ1) is 16.6. The van der Waals surface area contributed by atoms with Crippen LogP contribution >= 0.6 is 11.3 Å². The third-order valence-corrected chi connectivity index (χ3v) is 5.40. The molecule has 2 aromatic rings. The Hall–Kier alpha value is -2.21. The Morgan fingerprint density at radius 1 is 1.17 bits per heavy atom. The van der Waals surface area contributed by atoms with Crippen molar-refractivity contribution >= 4 is 23.1 Å². The lowest BCUT2D eigenvalue weighted by molar-refractivity contribution is 0.194. The zero-order valence-electron chi connectivity index (χ0n) is 14.1. The molecule has 0 spiro atoms. The van der Waals surface area contributed by atoms with Crippen LogP contribution in [0.2, 0.25) is 0 Å². The van der Waals surface area contributed by atoms with Crippen LogP contribution in [0.4, 0.5) is 10.5 Å². The molecule has 1 aliphatic rings. The van der Waals surface area contributed by atoms with E-state index in [0.717, 1.165) is 31.9 Å². The van der Waals surface area contributed by atoms with Crippen LogP contribution in [-0.4, -0.2) is 44.2 Å². The Balaban J connectivity index is 1.49. The highest BCUT2D eigenvalue weighted by molar-refractivity contribution is 7.10. The summed E-state index contributed by atoms with van der Waals surface area (Å²) in [6, 6.07) is 10.2. The van der Waals surface area contributed by atoms with E-state index < -0.39 is 0 Å². The van der Waals surface area contributed by atoms with Gasteiger partial charge >= 0.3 is 6.03 Å². The molecule has 0 bridgehead atoms. The van der Waals surface area contributed by atoms with E-state index in [1.807, 2.05) is 17.0 Å². The molecule has 5 nitrogen and oxygen atoms in total. The Bertz CT molecular complexity index is 676. The highest BCUT2D eigenvalue weighted by Gasteiger charge is 2.21. The molecule has 24 heavy (non-hydrogen) atoms. The van der Waals surface area contributed by atoms with E-state index in [0.29, 0.717) is 6.54 Å². The second kappa shape index (κ2) is 7.57. The molecule has 2 amide bonds. The number of benzene rings is 1. The number of nitrogens with zero attached hydrogens (tertiary/aromatic N) is 2. The van der Waals surface area contributed by atoms with Crippen molar-refractivity contribution in [2.24, 2.45) is 0 Å². The van der Waals surface area contributed by atoms with Gasteiger partial charge in [-0.05, 0) is 48.2 Å². The van der Waals surface area contributed by atoms with Crippen LogP contribution in [0.3, 0.4) is 0 Å². The molecule has 1 aromatic carbocycles. The Labute approximate surface area is 146 Å². The first-order valence-electron chi connectivity index (χ1n) is 8.12. The fourth-order valence-corrected chi connectivity index (χ4v) is 3.66. The van der Waals surface area contributed by atoms with Crippen LogP contribution in [0.15, 0.2) is 35.7 Å². The van der Waals surface area contributed by atoms with Crippen LogP contribution in [-0.2, 0) is 6.54 Å². The second-order valence-electron chi connectivity index (χ2n) is 5.86. The van der Waals surface area contributed by atoms with Gasteiger partial charge in [0.25, 0.3) is 0 Å². The minimum absolute atomic E-state index is 0.0252. The molecule has 6 heteroatoms. The zero-order chi connectivity index (χ0) is 16.9. The molecule has 0 atom stereocenters. The van der Waals surface area contributed by atoms with Gasteiger partial charge in [0, 0.05) is 36.7 Å². The van der Waals surface area contributed by atoms with Gasteiger partial charge in [0.15, 0.2) is 0 Å². The summed E-state index contributed by atoms with van der Waals surface area (Å²) in [4.78, 5) is 17.7. The van der Waals surface area contributed by atoms with Crippen molar-refractivity contribution in [3.63, 3.8) is 0 Å². The van der Waals surface area contributed by atoms with Gasteiger partial charge in [0.05, 0.1) is 13.7 Å². The molecular formula is C18H23N3O2S. The summed E-state index contributed by atoms with van der Waals surface area (Å²) in [6.07, 6.45) is 0. The summed E-state index contributed by atoms with van der Waals surface area (Å²) in [5.74, 6) is 0.862. The van der Waals surface area contributed by atoms with Gasteiger partial charge in [-0.15, -0.1) is 11.3 Å². The van der Waals surface area contributed by atoms with Crippen molar-refractivity contribution in [3.05, 3.63) is 46.2 Å². The van der Waals surface area contributed by atoms with Gasteiger partial charge in [0.1, 0.15) is 5.75 Å². The number of hydrogen-bond acceptors (Lipinski definition) is 4. The Kier molecular flexibility index (Phi) is 5.25. The number of ether oxygens (including phenoxy) is 1. The molecule has 3 rings (SSSR count). The predicted molar refractivity (Wildman–Crippen MR) is 98.1 cm³/mol. The lowest BCUT2D eigenvalue weighted by atomic mass is 10.2. The summed E-state index contributed by atoms with van der Waals surface area (Å²) < 4.78 is 5.19. The van der Waals surface area contributed by atoms with E-state index in [1.54, 1.807) is 18.4 Å². The molecular weight excluding hydrogens is 322 g/mol. The van der Waals surface area contributed by atoms with Gasteiger partial charge in [-0.2, -0.15) is 0 Å². The highest BCUT2D eigenvalue weighted by atomic mass is 32.1. The fourth-order valence-electron chi connectivity index (χ4n) is 2.81. The number of methoxy groups -OCH3 is 1. The number of nitrogens with one attached hydrogen (secondary N) is 1. The molecule has 0 aliphatic carbocycles. The van der Waals surface area contributed by atoms with Crippen molar-refractivity contribution in [1.82, 2.24) is 10.2 Å². The third-order valence-electron chi connectivity index (χ3n) is 4.37. The van der Waals surface area contributed by atoms with Crippen molar-refractivity contribution in [2.45, 2.75) is 13.5 Å². The molecule has 1 aromatic heterocycles. The first-order valence-corrected chi connectivity index (χ1v) is 9.00. The standard InChI is InChI=1S/C18H23N3O2S/c1-14-7-12-24-17(14)13-19-18(22)21-10-8-20(9-11-21)15-3-5-16(23-2)6-4-15/h3-7,12H,8-11,13H2,1-2H3,(H,19,22). The summed E-state index contributed by atoms with van der Waals surface area (Å²) in [5, 5.41) is 5.09. The summed E-state index contributed by atoms with van der Waals surface area (Å²) in [5.41, 5.74) is 2.41. The highest BCUT2D eigenvalue weighted by Crippen LogP contribution is 2.20. The van der Waals surface area contributed by atoms with E-state index >= 15 is 0 Å². The normalized spacial score (nSPS) is 14.6. The number of thiophene rings is 1. The van der Waals surface area contributed by atoms with Gasteiger partial charge in [-0.25, -0.2) is 4.79 Å². The predicted octanol–water partition coefficient (Wildman–Crippen LogP) is 3.10. The van der Waals surface area contributed by atoms with Crippen molar-refractivity contribution in [1.29, 1.82) is 0 Å². The molecule has 0 radical (unpaired) electrons. The average Bonchev–Trinajstić information content (AvgIpc) is 3.05. The molecule has 0 unspecified atom stereocenters. The average molecular weight is 345 g/mol. The van der Waals surface area contributed by atoms with Crippen LogP contribution in [0.5, 0.6) is 5.75 Å². The van der Waals surface area contributed by atoms with Gasteiger partial charge in [-0.1, -0.05) is 0 Å². The number of piperazine rings is 1. The quantitative estimate of drug-likeness (QED) is 0.926. The van der Waals surface area contributed by atoms with Crippen molar-refractivity contribution < 1.29 is 9.53 Å². The van der Waals surface area contributed by atoms with Gasteiger partial charge in [-0.3, -0.25) is 0 Å². The summed E-state index contributed by atoms with van der Waals surface area (Å²) in [7, 11) is 1.67. The van der Waals surface area contributed by atoms with Crippen LogP contribution in [0.1, 0.15) is 10.4 Å². The molecule has 1 N–H and O–H groups in total. The molecule has 0 saturated carbocycles. The number of hydrogen-bond donors (Lipinski definition) is 1. The van der Waals surface area contributed by atoms with E-state index in [2.05, 4.69) is 40.7 Å². The zero-order valence-corrected chi connectivity index (χ0v) is 14.9. The second-order valence-corrected chi connectivity index (χ2v) is 6.86. The SMILES string of the molecule is COc1ccc(N2CCN(C(=O)NCc3sccc3C)CC2)cc1. The molecule has 128 valence electrons. The number of urea groups is 1. The number of aryl methyl sites for hydroxylation is 1. The largest absolute Gasteiger partial charge is 0.497 e. The van der Waals surface area contributed by atoms with Crippen LogP contribution in [0, 0.1) is 6.92 Å². The number of anilines is 1. The summed E-state index contributed by atoms with van der Waals surface area (Å²) in [6.45, 7) is 5.85. The number of carbonyl (C=O) groups excluding carboxylic acids is 1. The maximum atomic E-state index is 12.3.